The zero-order chi connectivity index (χ0) is 15.6. The molecule has 0 aliphatic carbocycles. The largest absolute Gasteiger partial charge is 0.375 e. The van der Waals surface area contributed by atoms with Gasteiger partial charge in [0.05, 0.1) is 22.7 Å². The summed E-state index contributed by atoms with van der Waals surface area (Å²) in [5.41, 5.74) is 5.73. The zero-order valence-corrected chi connectivity index (χ0v) is 12.6. The lowest BCUT2D eigenvalue weighted by Gasteiger charge is -2.07. The highest BCUT2D eigenvalue weighted by atomic mass is 32.2. The molecule has 0 unspecified atom stereocenters. The number of carbonyl (C=O) groups excluding carboxylic acids is 1. The fourth-order valence-electron chi connectivity index (χ4n) is 1.59. The average molecular weight is 329 g/mol. The van der Waals surface area contributed by atoms with Crippen molar-refractivity contribution in [2.75, 3.05) is 17.3 Å². The molecule has 2 aromatic rings. The summed E-state index contributed by atoms with van der Waals surface area (Å²) >= 11 is 1.19. The summed E-state index contributed by atoms with van der Waals surface area (Å²) in [5, 5.41) is 4.29. The lowest BCUT2D eigenvalue weighted by Crippen LogP contribution is -2.16. The van der Waals surface area contributed by atoms with Crippen molar-refractivity contribution in [3.8, 4) is 0 Å². The van der Waals surface area contributed by atoms with Crippen LogP contribution in [0.3, 0.4) is 0 Å². The highest BCUT2D eigenvalue weighted by molar-refractivity contribution is 7.90. The van der Waals surface area contributed by atoms with E-state index in [-0.39, 0.29) is 17.0 Å². The van der Waals surface area contributed by atoms with Gasteiger partial charge in [-0.3, -0.25) is 4.79 Å². The highest BCUT2D eigenvalue weighted by Gasteiger charge is 2.14. The summed E-state index contributed by atoms with van der Waals surface area (Å²) in [6, 6.07) is 3.21. The van der Waals surface area contributed by atoms with E-state index < -0.39 is 21.6 Å². The Kier molecular flexibility index (Phi) is 4.24. The van der Waals surface area contributed by atoms with Crippen molar-refractivity contribution in [3.63, 3.8) is 0 Å². The number of nitrogen functional groups attached to an aromatic ring is 1. The van der Waals surface area contributed by atoms with Gasteiger partial charge in [-0.05, 0) is 18.2 Å². The molecule has 0 saturated heterocycles. The quantitative estimate of drug-likeness (QED) is 0.827. The number of nitrogens with one attached hydrogen (secondary N) is 1. The SMILES string of the molecule is CS(=O)(=O)c1ccc(F)c(NC(=O)Cc2csc(N)n2)c1. The van der Waals surface area contributed by atoms with Crippen LogP contribution in [0.1, 0.15) is 5.69 Å². The van der Waals surface area contributed by atoms with Crippen molar-refractivity contribution >= 4 is 37.9 Å². The van der Waals surface area contributed by atoms with Gasteiger partial charge in [-0.15, -0.1) is 11.3 Å². The molecule has 0 aliphatic heterocycles. The second kappa shape index (κ2) is 5.78. The number of hydrogen-bond acceptors (Lipinski definition) is 6. The maximum Gasteiger partial charge on any atom is 0.230 e. The number of nitrogens with two attached hydrogens (primary N) is 1. The number of thiazole rings is 1. The van der Waals surface area contributed by atoms with Gasteiger partial charge < -0.3 is 11.1 Å². The van der Waals surface area contributed by atoms with Gasteiger partial charge in [0.15, 0.2) is 15.0 Å². The normalized spacial score (nSPS) is 11.3. The first-order valence-corrected chi connectivity index (χ1v) is 8.52. The van der Waals surface area contributed by atoms with Gasteiger partial charge in [-0.25, -0.2) is 17.8 Å². The van der Waals surface area contributed by atoms with Crippen LogP contribution in [0.25, 0.3) is 0 Å². The lowest BCUT2D eigenvalue weighted by atomic mass is 10.2. The van der Waals surface area contributed by atoms with Crippen molar-refractivity contribution in [1.82, 2.24) is 4.98 Å². The van der Waals surface area contributed by atoms with Crippen LogP contribution in [-0.4, -0.2) is 25.6 Å². The van der Waals surface area contributed by atoms with Crippen LogP contribution in [0.4, 0.5) is 15.2 Å². The van der Waals surface area contributed by atoms with Gasteiger partial charge in [-0.2, -0.15) is 0 Å². The van der Waals surface area contributed by atoms with E-state index in [4.69, 9.17) is 5.73 Å². The number of sulfone groups is 1. The van der Waals surface area contributed by atoms with E-state index in [0.29, 0.717) is 10.8 Å². The molecule has 3 N–H and O–H groups in total. The van der Waals surface area contributed by atoms with Crippen molar-refractivity contribution in [1.29, 1.82) is 0 Å². The van der Waals surface area contributed by atoms with Gasteiger partial charge in [0.2, 0.25) is 5.91 Å². The van der Waals surface area contributed by atoms with Crippen LogP contribution >= 0.6 is 11.3 Å². The maximum absolute atomic E-state index is 13.6. The molecule has 0 radical (unpaired) electrons. The van der Waals surface area contributed by atoms with Gasteiger partial charge in [0.1, 0.15) is 5.82 Å². The molecule has 21 heavy (non-hydrogen) atoms. The Balaban J connectivity index is 2.17. The minimum Gasteiger partial charge on any atom is -0.375 e. The van der Waals surface area contributed by atoms with Crippen LogP contribution in [0.15, 0.2) is 28.5 Å². The number of nitrogens with zero attached hydrogens (tertiary/aromatic N) is 1. The third-order valence-electron chi connectivity index (χ3n) is 2.55. The maximum atomic E-state index is 13.6. The van der Waals surface area contributed by atoms with Gasteiger partial charge >= 0.3 is 0 Å². The topological polar surface area (TPSA) is 102 Å². The second-order valence-corrected chi connectivity index (χ2v) is 7.22. The van der Waals surface area contributed by atoms with Crippen molar-refractivity contribution < 1.29 is 17.6 Å². The predicted octanol–water partition coefficient (Wildman–Crippen LogP) is 1.45. The molecule has 0 atom stereocenters. The summed E-state index contributed by atoms with van der Waals surface area (Å²) in [6.07, 6.45) is 0.931. The predicted molar refractivity (Wildman–Crippen MR) is 78.4 cm³/mol. The van der Waals surface area contributed by atoms with Crippen molar-refractivity contribution in [2.45, 2.75) is 11.3 Å². The third kappa shape index (κ3) is 3.99. The molecule has 6 nitrogen and oxygen atoms in total. The Bertz CT molecular complexity index is 787. The number of aromatic nitrogens is 1. The van der Waals surface area contributed by atoms with Gasteiger partial charge in [0, 0.05) is 11.6 Å². The Labute approximate surface area is 124 Å². The fourth-order valence-corrected chi connectivity index (χ4v) is 2.80. The molecule has 1 aromatic heterocycles. The van der Waals surface area contributed by atoms with E-state index in [9.17, 15) is 17.6 Å². The first kappa shape index (κ1) is 15.4. The Morgan fingerprint density at radius 2 is 2.19 bits per heavy atom. The molecule has 2 rings (SSSR count). The van der Waals surface area contributed by atoms with E-state index in [1.807, 2.05) is 0 Å². The van der Waals surface area contributed by atoms with E-state index in [1.165, 1.54) is 11.3 Å². The van der Waals surface area contributed by atoms with Crippen LogP contribution in [0.5, 0.6) is 0 Å². The molecule has 0 saturated carbocycles. The number of hydrogen-bond donors (Lipinski definition) is 2. The first-order valence-electron chi connectivity index (χ1n) is 5.75. The number of benzene rings is 1. The second-order valence-electron chi connectivity index (χ2n) is 4.32. The molecular weight excluding hydrogens is 317 g/mol. The Morgan fingerprint density at radius 1 is 1.48 bits per heavy atom. The molecule has 1 heterocycles. The molecule has 9 heteroatoms. The fraction of sp³-hybridized carbons (Fsp3) is 0.167. The minimum absolute atomic E-state index is 0.0721. The number of anilines is 2. The van der Waals surface area contributed by atoms with Crippen LogP contribution in [0, 0.1) is 5.82 Å². The Morgan fingerprint density at radius 3 is 2.76 bits per heavy atom. The van der Waals surface area contributed by atoms with Crippen molar-refractivity contribution in [2.24, 2.45) is 0 Å². The van der Waals surface area contributed by atoms with Crippen LogP contribution < -0.4 is 11.1 Å². The summed E-state index contributed by atoms with van der Waals surface area (Å²) in [7, 11) is -3.48. The summed E-state index contributed by atoms with van der Waals surface area (Å²) < 4.78 is 36.5. The molecule has 1 aromatic carbocycles. The minimum atomic E-state index is -3.48. The van der Waals surface area contributed by atoms with Crippen LogP contribution in [0.2, 0.25) is 0 Å². The molecule has 0 aliphatic rings. The lowest BCUT2D eigenvalue weighted by molar-refractivity contribution is -0.115. The molecule has 0 bridgehead atoms. The monoisotopic (exact) mass is 329 g/mol. The van der Waals surface area contributed by atoms with Gasteiger partial charge in [-0.1, -0.05) is 0 Å². The van der Waals surface area contributed by atoms with E-state index in [0.717, 1.165) is 24.5 Å². The number of carbonyl (C=O) groups is 1. The molecule has 1 amide bonds. The molecular formula is C12H12FN3O3S2. The molecule has 0 spiro atoms. The van der Waals surface area contributed by atoms with E-state index in [2.05, 4.69) is 10.3 Å². The van der Waals surface area contributed by atoms with Crippen LogP contribution in [-0.2, 0) is 21.1 Å². The summed E-state index contributed by atoms with van der Waals surface area (Å²) in [4.78, 5) is 15.6. The molecule has 0 fully saturated rings. The number of amides is 1. The smallest absolute Gasteiger partial charge is 0.230 e. The first-order chi connectivity index (χ1) is 9.75. The third-order valence-corrected chi connectivity index (χ3v) is 4.38. The van der Waals surface area contributed by atoms with E-state index in [1.54, 1.807) is 5.38 Å². The highest BCUT2D eigenvalue weighted by Crippen LogP contribution is 2.20. The zero-order valence-electron chi connectivity index (χ0n) is 11.0. The van der Waals surface area contributed by atoms with Gasteiger partial charge in [0.25, 0.3) is 0 Å². The Hall–Kier alpha value is -2.00. The average Bonchev–Trinajstić information content (AvgIpc) is 2.76. The number of rotatable bonds is 4. The number of halogens is 1. The van der Waals surface area contributed by atoms with Crippen molar-refractivity contribution in [3.05, 3.63) is 35.1 Å². The summed E-state index contributed by atoms with van der Waals surface area (Å²) in [5.74, 6) is -1.22. The van der Waals surface area contributed by atoms with E-state index >= 15 is 0 Å². The summed E-state index contributed by atoms with van der Waals surface area (Å²) in [6.45, 7) is 0. The standard InChI is InChI=1S/C12H12FN3O3S2/c1-21(18,19)8-2-3-9(13)10(5-8)16-11(17)4-7-6-20-12(14)15-7/h2-3,5-6H,4H2,1H3,(H2,14,15)(H,16,17). The molecule has 112 valence electrons.